The van der Waals surface area contributed by atoms with E-state index in [1.807, 2.05) is 9.62 Å². The largest absolute Gasteiger partial charge is 0.370 e. The van der Waals surface area contributed by atoms with E-state index in [2.05, 4.69) is 23.9 Å². The molecule has 6 nitrogen and oxygen atoms in total. The third-order valence-corrected chi connectivity index (χ3v) is 9.08. The molecule has 1 N–H and O–H groups in total. The minimum Gasteiger partial charge on any atom is -0.370 e. The second-order valence-electron chi connectivity index (χ2n) is 9.25. The summed E-state index contributed by atoms with van der Waals surface area (Å²) >= 11 is 6.27. The van der Waals surface area contributed by atoms with Gasteiger partial charge in [0.15, 0.2) is 10.7 Å². The van der Waals surface area contributed by atoms with E-state index in [9.17, 15) is 12.8 Å². The highest BCUT2D eigenvalue weighted by molar-refractivity contribution is 7.92. The molecule has 34 heavy (non-hydrogen) atoms. The monoisotopic (exact) mass is 516 g/mol. The van der Waals surface area contributed by atoms with Crippen LogP contribution in [0.2, 0.25) is 5.02 Å². The van der Waals surface area contributed by atoms with Gasteiger partial charge in [-0.1, -0.05) is 24.6 Å². The van der Waals surface area contributed by atoms with Gasteiger partial charge in [-0.2, -0.15) is 4.39 Å². The number of hydrogen-bond donors (Lipinski definition) is 1. The van der Waals surface area contributed by atoms with Crippen molar-refractivity contribution >= 4 is 33.1 Å². The fraction of sp³-hybridized carbons (Fsp3) is 0.522. The summed E-state index contributed by atoms with van der Waals surface area (Å²) in [6, 6.07) is 4.38. The van der Waals surface area contributed by atoms with Crippen molar-refractivity contribution in [3.05, 3.63) is 46.9 Å². The molecular weight excluding hydrogens is 489 g/mol. The normalized spacial score (nSPS) is 22.4. The van der Waals surface area contributed by atoms with E-state index < -0.39 is 43.3 Å². The highest BCUT2D eigenvalue weighted by Crippen LogP contribution is 2.48. The predicted molar refractivity (Wildman–Crippen MR) is 126 cm³/mol. The number of piperidine rings is 1. The molecule has 0 saturated carbocycles. The zero-order valence-electron chi connectivity index (χ0n) is 19.1. The topological polar surface area (TPSA) is 65.5 Å². The van der Waals surface area contributed by atoms with Crippen molar-refractivity contribution in [3.63, 3.8) is 0 Å². The molecule has 186 valence electrons. The molecule has 1 aromatic heterocycles. The average molecular weight is 517 g/mol. The number of sulfonamides is 1. The van der Waals surface area contributed by atoms with Gasteiger partial charge < -0.3 is 9.80 Å². The Morgan fingerprint density at radius 3 is 2.56 bits per heavy atom. The van der Waals surface area contributed by atoms with Crippen LogP contribution in [0.4, 0.5) is 24.7 Å². The summed E-state index contributed by atoms with van der Waals surface area (Å²) in [7, 11) is -2.63. The second kappa shape index (κ2) is 9.54. The molecule has 4 rings (SSSR count). The van der Waals surface area contributed by atoms with Crippen molar-refractivity contribution in [2.75, 3.05) is 42.8 Å². The first kappa shape index (κ1) is 25.1. The number of nitrogens with one attached hydrogen (secondary N) is 1. The van der Waals surface area contributed by atoms with Gasteiger partial charge in [0.05, 0.1) is 5.69 Å². The second-order valence-corrected chi connectivity index (χ2v) is 11.2. The van der Waals surface area contributed by atoms with Gasteiger partial charge in [-0.3, -0.25) is 4.72 Å². The van der Waals surface area contributed by atoms with E-state index in [1.165, 1.54) is 12.1 Å². The van der Waals surface area contributed by atoms with Crippen LogP contribution in [0.1, 0.15) is 32.6 Å². The van der Waals surface area contributed by atoms with Crippen molar-refractivity contribution in [1.29, 1.82) is 0 Å². The van der Waals surface area contributed by atoms with Gasteiger partial charge >= 0.3 is 0 Å². The Hall–Kier alpha value is -2.04. The van der Waals surface area contributed by atoms with Crippen LogP contribution in [0.25, 0.3) is 0 Å². The van der Waals surface area contributed by atoms with Crippen LogP contribution in [0.15, 0.2) is 29.2 Å². The number of benzene rings is 1. The summed E-state index contributed by atoms with van der Waals surface area (Å²) in [5.74, 6) is -3.48. The third kappa shape index (κ3) is 4.72. The fourth-order valence-electron chi connectivity index (χ4n) is 5.33. The van der Waals surface area contributed by atoms with Crippen molar-refractivity contribution in [3.8, 4) is 0 Å². The first-order valence-corrected chi connectivity index (χ1v) is 13.2. The molecule has 2 aliphatic rings. The Labute approximate surface area is 203 Å². The van der Waals surface area contributed by atoms with Crippen LogP contribution >= 0.6 is 11.6 Å². The van der Waals surface area contributed by atoms with Crippen LogP contribution < -0.4 is 9.62 Å². The molecule has 2 saturated heterocycles. The molecule has 0 unspecified atom stereocenters. The van der Waals surface area contributed by atoms with Crippen LogP contribution in [0, 0.1) is 28.9 Å². The molecule has 3 heterocycles. The van der Waals surface area contributed by atoms with E-state index in [4.69, 9.17) is 11.6 Å². The maximum absolute atomic E-state index is 15.2. The van der Waals surface area contributed by atoms with Gasteiger partial charge in [-0.15, -0.1) is 0 Å². The molecule has 0 bridgehead atoms. The van der Waals surface area contributed by atoms with E-state index in [-0.39, 0.29) is 11.1 Å². The summed E-state index contributed by atoms with van der Waals surface area (Å²) in [6.45, 7) is 5.38. The van der Waals surface area contributed by atoms with E-state index in [1.54, 1.807) is 0 Å². The Bertz CT molecular complexity index is 1180. The molecule has 1 atom stereocenters. The minimum absolute atomic E-state index is 0.0207. The van der Waals surface area contributed by atoms with Gasteiger partial charge in [0, 0.05) is 19.2 Å². The minimum atomic E-state index is -4.74. The lowest BCUT2D eigenvalue weighted by Crippen LogP contribution is -2.41. The maximum atomic E-state index is 15.2. The Balaban J connectivity index is 1.61. The third-order valence-electron chi connectivity index (χ3n) is 7.33. The number of pyridine rings is 1. The smallest absolute Gasteiger partial charge is 0.268 e. The SMILES string of the molecule is CC[C@]1(C2CCN(C)CC2)CCN(c2cc(F)c(S(=O)(=O)Nc3cccc(F)n3)c(F)c2Cl)C1. The molecule has 0 aliphatic carbocycles. The summed E-state index contributed by atoms with van der Waals surface area (Å²) in [5, 5.41) is -0.454. The average Bonchev–Trinajstić information content (AvgIpc) is 3.22. The summed E-state index contributed by atoms with van der Waals surface area (Å²) in [5.41, 5.74) is 0.162. The Morgan fingerprint density at radius 2 is 1.91 bits per heavy atom. The number of aromatic nitrogens is 1. The number of likely N-dealkylation sites (tertiary alicyclic amines) is 1. The quantitative estimate of drug-likeness (QED) is 0.437. The molecule has 11 heteroatoms. The van der Waals surface area contributed by atoms with Crippen molar-refractivity contribution in [2.24, 2.45) is 11.3 Å². The summed E-state index contributed by atoms with van der Waals surface area (Å²) < 4.78 is 70.9. The van der Waals surface area contributed by atoms with Gasteiger partial charge in [0.1, 0.15) is 16.7 Å². The summed E-state index contributed by atoms with van der Waals surface area (Å²) in [4.78, 5) is 6.32. The molecule has 2 aromatic rings. The number of hydrogen-bond acceptors (Lipinski definition) is 5. The number of anilines is 2. The van der Waals surface area contributed by atoms with Crippen molar-refractivity contribution in [1.82, 2.24) is 9.88 Å². The standard InChI is InChI=1S/C23H28ClF3N4O2S/c1-3-23(15-7-10-30(2)11-8-15)9-12-31(14-23)17-13-16(25)22(21(27)20(17)24)34(32,33)29-19-6-4-5-18(26)28-19/h4-6,13,15H,3,7-12,14H2,1-2H3,(H,28,29)/t23-/m0/s1. The molecule has 1 aromatic carbocycles. The van der Waals surface area contributed by atoms with Gasteiger partial charge in [-0.25, -0.2) is 22.2 Å². The number of nitrogens with zero attached hydrogens (tertiary/aromatic N) is 3. The lowest BCUT2D eigenvalue weighted by molar-refractivity contribution is 0.0979. The molecule has 0 amide bonds. The van der Waals surface area contributed by atoms with Crippen LogP contribution in [-0.4, -0.2) is 51.5 Å². The molecular formula is C23H28ClF3N4O2S. The lowest BCUT2D eigenvalue weighted by Gasteiger charge is -2.41. The van der Waals surface area contributed by atoms with Crippen LogP contribution in [0.5, 0.6) is 0 Å². The molecule has 0 spiro atoms. The Morgan fingerprint density at radius 1 is 1.21 bits per heavy atom. The van der Waals surface area contributed by atoms with E-state index in [0.29, 0.717) is 19.0 Å². The number of rotatable bonds is 6. The fourth-order valence-corrected chi connectivity index (χ4v) is 6.80. The molecule has 2 aliphatic heterocycles. The van der Waals surface area contributed by atoms with Crippen LogP contribution in [-0.2, 0) is 10.0 Å². The zero-order valence-corrected chi connectivity index (χ0v) is 20.7. The molecule has 2 fully saturated rings. The van der Waals surface area contributed by atoms with E-state index >= 15 is 8.78 Å². The van der Waals surface area contributed by atoms with E-state index in [0.717, 1.165) is 50.9 Å². The first-order chi connectivity index (χ1) is 16.1. The molecule has 0 radical (unpaired) electrons. The summed E-state index contributed by atoms with van der Waals surface area (Å²) in [6.07, 6.45) is 3.97. The number of halogens is 4. The zero-order chi connectivity index (χ0) is 24.7. The lowest BCUT2D eigenvalue weighted by atomic mass is 9.68. The van der Waals surface area contributed by atoms with Crippen LogP contribution in [0.3, 0.4) is 0 Å². The van der Waals surface area contributed by atoms with Gasteiger partial charge in [0.25, 0.3) is 10.0 Å². The highest BCUT2D eigenvalue weighted by atomic mass is 35.5. The van der Waals surface area contributed by atoms with Crippen molar-refractivity contribution in [2.45, 2.75) is 37.5 Å². The van der Waals surface area contributed by atoms with Gasteiger partial charge in [0.2, 0.25) is 5.95 Å². The van der Waals surface area contributed by atoms with Gasteiger partial charge in [-0.05, 0) is 69.3 Å². The van der Waals surface area contributed by atoms with Crippen molar-refractivity contribution < 1.29 is 21.6 Å². The highest BCUT2D eigenvalue weighted by Gasteiger charge is 2.44. The maximum Gasteiger partial charge on any atom is 0.268 e. The first-order valence-electron chi connectivity index (χ1n) is 11.3. The predicted octanol–water partition coefficient (Wildman–Crippen LogP) is 4.90. The Kier molecular flexibility index (Phi) is 7.04.